The molecule has 1 N–H and O–H groups in total. The monoisotopic (exact) mass is 378 g/mol. The highest BCUT2D eigenvalue weighted by molar-refractivity contribution is 5.84. The van der Waals surface area contributed by atoms with Crippen LogP contribution in [0.3, 0.4) is 0 Å². The molecule has 0 heterocycles. The Balaban J connectivity index is 1.86. The van der Waals surface area contributed by atoms with Crippen LogP contribution in [0.1, 0.15) is 24.0 Å². The average Bonchev–Trinajstić information content (AvgIpc) is 2.61. The van der Waals surface area contributed by atoms with E-state index in [1.807, 2.05) is 12.1 Å². The molecule has 0 aliphatic heterocycles. The van der Waals surface area contributed by atoms with E-state index in [1.54, 1.807) is 36.4 Å². The number of carbonyl (C=O) groups excluding carboxylic acids is 2. The molecule has 0 spiro atoms. The Bertz CT molecular complexity index is 814. The summed E-state index contributed by atoms with van der Waals surface area (Å²) in [6.07, 6.45) is -4.29. The predicted octanol–water partition coefficient (Wildman–Crippen LogP) is 5.14. The minimum Gasteiger partial charge on any atom is -0.449 e. The van der Waals surface area contributed by atoms with E-state index in [0.717, 1.165) is 11.1 Å². The lowest BCUT2D eigenvalue weighted by atomic mass is 10.0. The van der Waals surface area contributed by atoms with Crippen LogP contribution in [0.2, 0.25) is 0 Å². The van der Waals surface area contributed by atoms with Gasteiger partial charge in [-0.2, -0.15) is 18.2 Å². The fraction of sp³-hybridized carbons (Fsp3) is 0.263. The van der Waals surface area contributed by atoms with Crippen LogP contribution >= 0.6 is 0 Å². The third-order valence-corrected chi connectivity index (χ3v) is 3.59. The third kappa shape index (κ3) is 7.33. The standard InChI is InChI=1S/C19H17F3N2O3/c20-19(21,22)10-3-11-27-18(26)24-16-8-6-14(7-9-16)12-15-4-1-2-5-17(15)23-13-25/h1-2,4-9H,3,10-12H2,(H,24,26). The van der Waals surface area contributed by atoms with Gasteiger partial charge in [0.25, 0.3) is 0 Å². The highest BCUT2D eigenvalue weighted by Gasteiger charge is 2.26. The maximum Gasteiger partial charge on any atom is 0.411 e. The maximum absolute atomic E-state index is 12.0. The van der Waals surface area contributed by atoms with Crippen molar-refractivity contribution in [3.63, 3.8) is 0 Å². The highest BCUT2D eigenvalue weighted by Crippen LogP contribution is 2.23. The van der Waals surface area contributed by atoms with Crippen molar-refractivity contribution in [3.05, 3.63) is 59.7 Å². The molecule has 2 aromatic carbocycles. The zero-order valence-electron chi connectivity index (χ0n) is 14.3. The first-order valence-corrected chi connectivity index (χ1v) is 8.12. The molecule has 8 heteroatoms. The fourth-order valence-corrected chi connectivity index (χ4v) is 2.34. The molecule has 5 nitrogen and oxygen atoms in total. The largest absolute Gasteiger partial charge is 0.449 e. The van der Waals surface area contributed by atoms with Gasteiger partial charge in [-0.15, -0.1) is 0 Å². The van der Waals surface area contributed by atoms with Crippen LogP contribution in [-0.4, -0.2) is 25.0 Å². The molecule has 0 atom stereocenters. The van der Waals surface area contributed by atoms with Gasteiger partial charge in [0.2, 0.25) is 6.08 Å². The van der Waals surface area contributed by atoms with E-state index in [1.165, 1.54) is 6.08 Å². The number of hydrogen-bond donors (Lipinski definition) is 1. The van der Waals surface area contributed by atoms with Crippen LogP contribution in [0.15, 0.2) is 53.5 Å². The van der Waals surface area contributed by atoms with Crippen molar-refractivity contribution in [2.45, 2.75) is 25.4 Å². The van der Waals surface area contributed by atoms with Crippen molar-refractivity contribution >= 4 is 23.5 Å². The van der Waals surface area contributed by atoms with Crippen LogP contribution in [0.4, 0.5) is 29.3 Å². The third-order valence-electron chi connectivity index (χ3n) is 3.59. The summed E-state index contributed by atoms with van der Waals surface area (Å²) in [5.41, 5.74) is 2.77. The van der Waals surface area contributed by atoms with Crippen molar-refractivity contribution in [2.75, 3.05) is 11.9 Å². The smallest absolute Gasteiger partial charge is 0.411 e. The van der Waals surface area contributed by atoms with Crippen molar-refractivity contribution < 1.29 is 27.5 Å². The molecule has 0 unspecified atom stereocenters. The van der Waals surface area contributed by atoms with Gasteiger partial charge in [-0.25, -0.2) is 9.59 Å². The normalized spacial score (nSPS) is 10.8. The van der Waals surface area contributed by atoms with E-state index in [2.05, 4.69) is 10.3 Å². The number of benzene rings is 2. The van der Waals surface area contributed by atoms with Crippen molar-refractivity contribution in [1.82, 2.24) is 0 Å². The number of carbonyl (C=O) groups is 1. The lowest BCUT2D eigenvalue weighted by Crippen LogP contribution is -2.16. The van der Waals surface area contributed by atoms with Gasteiger partial charge in [-0.1, -0.05) is 30.3 Å². The van der Waals surface area contributed by atoms with Gasteiger partial charge >= 0.3 is 12.3 Å². The molecule has 0 aliphatic rings. The lowest BCUT2D eigenvalue weighted by Gasteiger charge is -2.09. The van der Waals surface area contributed by atoms with Gasteiger partial charge < -0.3 is 4.74 Å². The summed E-state index contributed by atoms with van der Waals surface area (Å²) in [7, 11) is 0. The summed E-state index contributed by atoms with van der Waals surface area (Å²) in [5.74, 6) is 0. The van der Waals surface area contributed by atoms with Crippen LogP contribution < -0.4 is 5.32 Å². The molecule has 142 valence electrons. The summed E-state index contributed by atoms with van der Waals surface area (Å²) < 4.78 is 40.7. The SMILES string of the molecule is O=C=Nc1ccccc1Cc1ccc(NC(=O)OCCCC(F)(F)F)cc1. The Kier molecular flexibility index (Phi) is 7.14. The highest BCUT2D eigenvalue weighted by atomic mass is 19.4. The van der Waals surface area contributed by atoms with Gasteiger partial charge in [0, 0.05) is 12.1 Å². The zero-order chi connectivity index (χ0) is 19.7. The number of nitrogens with one attached hydrogen (secondary N) is 1. The molecular formula is C19H17F3N2O3. The molecule has 0 aliphatic carbocycles. The molecule has 0 fully saturated rings. The lowest BCUT2D eigenvalue weighted by molar-refractivity contribution is -0.136. The Morgan fingerprint density at radius 1 is 1.11 bits per heavy atom. The van der Waals surface area contributed by atoms with Crippen LogP contribution in [-0.2, 0) is 16.0 Å². The summed E-state index contributed by atoms with van der Waals surface area (Å²) in [6.45, 7) is -0.308. The maximum atomic E-state index is 12.0. The summed E-state index contributed by atoms with van der Waals surface area (Å²) in [6, 6.07) is 14.0. The molecule has 0 saturated heterocycles. The Hall–Kier alpha value is -3.12. The molecule has 0 radical (unpaired) electrons. The van der Waals surface area contributed by atoms with Crippen LogP contribution in [0.25, 0.3) is 0 Å². The first-order valence-electron chi connectivity index (χ1n) is 8.12. The molecule has 2 rings (SSSR count). The number of isocyanates is 1. The topological polar surface area (TPSA) is 67.8 Å². The summed E-state index contributed by atoms with van der Waals surface area (Å²) in [5, 5.41) is 2.45. The van der Waals surface area contributed by atoms with E-state index in [-0.39, 0.29) is 13.0 Å². The number of para-hydroxylation sites is 1. The molecule has 1 amide bonds. The van der Waals surface area contributed by atoms with Gasteiger partial charge in [-0.3, -0.25) is 5.32 Å². The van der Waals surface area contributed by atoms with Gasteiger partial charge in [0.15, 0.2) is 0 Å². The van der Waals surface area contributed by atoms with E-state index in [9.17, 15) is 22.8 Å². The predicted molar refractivity (Wildman–Crippen MR) is 93.7 cm³/mol. The summed E-state index contributed by atoms with van der Waals surface area (Å²) >= 11 is 0. The molecule has 0 saturated carbocycles. The van der Waals surface area contributed by atoms with E-state index in [0.29, 0.717) is 17.8 Å². The molecule has 0 aromatic heterocycles. The van der Waals surface area contributed by atoms with E-state index >= 15 is 0 Å². The Labute approximate surface area is 153 Å². The van der Waals surface area contributed by atoms with E-state index in [4.69, 9.17) is 4.74 Å². The van der Waals surface area contributed by atoms with Crippen LogP contribution in [0.5, 0.6) is 0 Å². The zero-order valence-corrected chi connectivity index (χ0v) is 14.3. The minimum absolute atomic E-state index is 0.279. The number of alkyl halides is 3. The molecular weight excluding hydrogens is 361 g/mol. The number of nitrogens with zero attached hydrogens (tertiary/aromatic N) is 1. The first-order chi connectivity index (χ1) is 12.9. The number of ether oxygens (including phenoxy) is 1. The van der Waals surface area contributed by atoms with Crippen LogP contribution in [0, 0.1) is 0 Å². The van der Waals surface area contributed by atoms with Crippen molar-refractivity contribution in [3.8, 4) is 0 Å². The first kappa shape index (κ1) is 20.2. The average molecular weight is 378 g/mol. The Morgan fingerprint density at radius 2 is 1.81 bits per heavy atom. The second kappa shape index (κ2) is 9.54. The number of anilines is 1. The molecule has 2 aromatic rings. The number of hydrogen-bond acceptors (Lipinski definition) is 4. The Morgan fingerprint density at radius 3 is 2.48 bits per heavy atom. The quantitative estimate of drug-likeness (QED) is 0.412. The number of amides is 1. The van der Waals surface area contributed by atoms with Gasteiger partial charge in [-0.05, 0) is 42.2 Å². The van der Waals surface area contributed by atoms with Gasteiger partial charge in [0.05, 0.1) is 12.3 Å². The second-order valence-corrected chi connectivity index (χ2v) is 5.69. The molecule has 27 heavy (non-hydrogen) atoms. The number of rotatable bonds is 7. The van der Waals surface area contributed by atoms with Crippen molar-refractivity contribution in [1.29, 1.82) is 0 Å². The second-order valence-electron chi connectivity index (χ2n) is 5.69. The minimum atomic E-state index is -4.26. The summed E-state index contributed by atoms with van der Waals surface area (Å²) in [4.78, 5) is 25.7. The van der Waals surface area contributed by atoms with Gasteiger partial charge in [0.1, 0.15) is 0 Å². The fourth-order valence-electron chi connectivity index (χ4n) is 2.34. The van der Waals surface area contributed by atoms with Crippen molar-refractivity contribution in [2.24, 2.45) is 4.99 Å². The van der Waals surface area contributed by atoms with E-state index < -0.39 is 18.7 Å². The number of aliphatic imine (C=N–C) groups is 1. The number of halogens is 3. The molecule has 0 bridgehead atoms.